The highest BCUT2D eigenvalue weighted by atomic mass is 32.2. The number of hydrogen-bond donors (Lipinski definition) is 1. The lowest BCUT2D eigenvalue weighted by Gasteiger charge is -2.01. The number of rotatable bonds is 4. The Balaban J connectivity index is 2.24. The smallest absolute Gasteiger partial charge is 0.313 e. The number of hydrogen-bond acceptors (Lipinski definition) is 5. The second-order valence-electron chi connectivity index (χ2n) is 3.26. The molecular weight excluding hydrogens is 240 g/mol. The van der Waals surface area contributed by atoms with Gasteiger partial charge in [-0.1, -0.05) is 17.8 Å². The van der Waals surface area contributed by atoms with Crippen LogP contribution in [0.5, 0.6) is 0 Å². The molecule has 0 aliphatic heterocycles. The topological polar surface area (TPSA) is 80.9 Å². The number of carboxylic acids is 1. The molecular formula is C10H10N4O2S. The van der Waals surface area contributed by atoms with Crippen molar-refractivity contribution in [3.05, 3.63) is 24.4 Å². The number of carbonyl (C=O) groups is 1. The van der Waals surface area contributed by atoms with Gasteiger partial charge in [0.15, 0.2) is 11.0 Å². The average Bonchev–Trinajstić information content (AvgIpc) is 2.69. The Labute approximate surface area is 102 Å². The van der Waals surface area contributed by atoms with Crippen molar-refractivity contribution >= 4 is 17.7 Å². The van der Waals surface area contributed by atoms with E-state index in [-0.39, 0.29) is 5.75 Å². The monoisotopic (exact) mass is 250 g/mol. The van der Waals surface area contributed by atoms with Crippen LogP contribution in [0, 0.1) is 0 Å². The summed E-state index contributed by atoms with van der Waals surface area (Å²) in [5.74, 6) is -0.287. The van der Waals surface area contributed by atoms with E-state index in [4.69, 9.17) is 5.11 Å². The van der Waals surface area contributed by atoms with Gasteiger partial charge < -0.3 is 9.67 Å². The van der Waals surface area contributed by atoms with Crippen LogP contribution in [0.1, 0.15) is 0 Å². The van der Waals surface area contributed by atoms with Gasteiger partial charge in [-0.2, -0.15) is 0 Å². The van der Waals surface area contributed by atoms with Crippen LogP contribution in [0.4, 0.5) is 0 Å². The number of carboxylic acid groups (broad SMARTS) is 1. The SMILES string of the molecule is Cn1c(SCC(=O)O)nnc1-c1ccccn1. The summed E-state index contributed by atoms with van der Waals surface area (Å²) < 4.78 is 1.73. The van der Waals surface area contributed by atoms with E-state index in [1.165, 1.54) is 0 Å². The Hall–Kier alpha value is -1.89. The summed E-state index contributed by atoms with van der Waals surface area (Å²) in [5, 5.41) is 17.1. The van der Waals surface area contributed by atoms with Crippen molar-refractivity contribution < 1.29 is 9.90 Å². The van der Waals surface area contributed by atoms with Gasteiger partial charge in [-0.25, -0.2) is 0 Å². The maximum absolute atomic E-state index is 10.5. The van der Waals surface area contributed by atoms with Gasteiger partial charge >= 0.3 is 5.97 Å². The highest BCUT2D eigenvalue weighted by molar-refractivity contribution is 7.99. The molecule has 88 valence electrons. The number of aromatic nitrogens is 4. The summed E-state index contributed by atoms with van der Waals surface area (Å²) in [5.41, 5.74) is 0.713. The van der Waals surface area contributed by atoms with Gasteiger partial charge in [0.1, 0.15) is 5.69 Å². The molecule has 2 rings (SSSR count). The third-order valence-corrected chi connectivity index (χ3v) is 3.06. The Kier molecular flexibility index (Phi) is 3.38. The van der Waals surface area contributed by atoms with E-state index in [1.54, 1.807) is 17.8 Å². The summed E-state index contributed by atoms with van der Waals surface area (Å²) in [6, 6.07) is 5.51. The summed E-state index contributed by atoms with van der Waals surface area (Å²) >= 11 is 1.13. The second-order valence-corrected chi connectivity index (χ2v) is 4.21. The lowest BCUT2D eigenvalue weighted by atomic mass is 10.3. The fourth-order valence-corrected chi connectivity index (χ4v) is 1.92. The van der Waals surface area contributed by atoms with Crippen molar-refractivity contribution in [1.82, 2.24) is 19.7 Å². The first kappa shape index (κ1) is 11.6. The number of aliphatic carboxylic acids is 1. The Bertz CT molecular complexity index is 526. The van der Waals surface area contributed by atoms with Crippen LogP contribution in [0.25, 0.3) is 11.5 Å². The molecule has 0 radical (unpaired) electrons. The summed E-state index contributed by atoms with van der Waals surface area (Å²) in [6.07, 6.45) is 1.67. The zero-order valence-electron chi connectivity index (χ0n) is 9.07. The van der Waals surface area contributed by atoms with Crippen molar-refractivity contribution in [2.24, 2.45) is 7.05 Å². The molecule has 0 spiro atoms. The van der Waals surface area contributed by atoms with Gasteiger partial charge in [-0.15, -0.1) is 10.2 Å². The third-order valence-electron chi connectivity index (χ3n) is 2.05. The molecule has 2 aromatic heterocycles. The normalized spacial score (nSPS) is 10.4. The van der Waals surface area contributed by atoms with Gasteiger partial charge in [-0.05, 0) is 12.1 Å². The molecule has 0 amide bonds. The van der Waals surface area contributed by atoms with E-state index < -0.39 is 5.97 Å². The molecule has 2 aromatic rings. The lowest BCUT2D eigenvalue weighted by molar-refractivity contribution is -0.133. The van der Waals surface area contributed by atoms with Crippen LogP contribution < -0.4 is 0 Å². The maximum Gasteiger partial charge on any atom is 0.313 e. The third kappa shape index (κ3) is 2.62. The van der Waals surface area contributed by atoms with Gasteiger partial charge in [0, 0.05) is 13.2 Å². The molecule has 0 aliphatic carbocycles. The largest absolute Gasteiger partial charge is 0.481 e. The predicted octanol–water partition coefficient (Wildman–Crippen LogP) is 1.05. The van der Waals surface area contributed by atoms with E-state index in [0.29, 0.717) is 16.7 Å². The minimum absolute atomic E-state index is 0.0335. The van der Waals surface area contributed by atoms with Crippen LogP contribution in [0.3, 0.4) is 0 Å². The highest BCUT2D eigenvalue weighted by Crippen LogP contribution is 2.20. The van der Waals surface area contributed by atoms with E-state index in [0.717, 1.165) is 11.8 Å². The number of nitrogens with zero attached hydrogens (tertiary/aromatic N) is 4. The molecule has 0 aromatic carbocycles. The average molecular weight is 250 g/mol. The molecule has 0 aliphatic rings. The van der Waals surface area contributed by atoms with E-state index in [1.807, 2.05) is 18.2 Å². The molecule has 0 saturated heterocycles. The van der Waals surface area contributed by atoms with Gasteiger partial charge in [0.05, 0.1) is 5.75 Å². The van der Waals surface area contributed by atoms with Crippen molar-refractivity contribution in [1.29, 1.82) is 0 Å². The molecule has 0 saturated carbocycles. The van der Waals surface area contributed by atoms with Crippen LogP contribution >= 0.6 is 11.8 Å². The van der Waals surface area contributed by atoms with Crippen molar-refractivity contribution in [3.63, 3.8) is 0 Å². The number of thioether (sulfide) groups is 1. The molecule has 0 bridgehead atoms. The van der Waals surface area contributed by atoms with E-state index in [2.05, 4.69) is 15.2 Å². The lowest BCUT2D eigenvalue weighted by Crippen LogP contribution is -2.01. The zero-order valence-corrected chi connectivity index (χ0v) is 9.89. The second kappa shape index (κ2) is 4.96. The van der Waals surface area contributed by atoms with Crippen LogP contribution in [-0.4, -0.2) is 36.6 Å². The molecule has 0 atom stereocenters. The van der Waals surface area contributed by atoms with Crippen molar-refractivity contribution in [2.75, 3.05) is 5.75 Å². The van der Waals surface area contributed by atoms with Crippen LogP contribution in [-0.2, 0) is 11.8 Å². The predicted molar refractivity (Wildman–Crippen MR) is 62.6 cm³/mol. The summed E-state index contributed by atoms with van der Waals surface area (Å²) in [6.45, 7) is 0. The van der Waals surface area contributed by atoms with Crippen molar-refractivity contribution in [2.45, 2.75) is 5.16 Å². The minimum Gasteiger partial charge on any atom is -0.481 e. The first-order valence-corrected chi connectivity index (χ1v) is 5.82. The van der Waals surface area contributed by atoms with Crippen LogP contribution in [0.2, 0.25) is 0 Å². The van der Waals surface area contributed by atoms with E-state index in [9.17, 15) is 4.79 Å². The number of pyridine rings is 1. The zero-order chi connectivity index (χ0) is 12.3. The van der Waals surface area contributed by atoms with Crippen LogP contribution in [0.15, 0.2) is 29.6 Å². The fourth-order valence-electron chi connectivity index (χ4n) is 1.28. The molecule has 0 unspecified atom stereocenters. The molecule has 17 heavy (non-hydrogen) atoms. The summed E-state index contributed by atoms with van der Waals surface area (Å²) in [4.78, 5) is 14.6. The van der Waals surface area contributed by atoms with Gasteiger partial charge in [0.25, 0.3) is 0 Å². The Morgan fingerprint density at radius 2 is 2.29 bits per heavy atom. The molecule has 0 fully saturated rings. The fraction of sp³-hybridized carbons (Fsp3) is 0.200. The highest BCUT2D eigenvalue weighted by Gasteiger charge is 2.12. The standard InChI is InChI=1S/C10H10N4O2S/c1-14-9(7-4-2-3-5-11-7)12-13-10(14)17-6-8(15)16/h2-5H,6H2,1H3,(H,15,16). The molecule has 1 N–H and O–H groups in total. The molecule has 6 nitrogen and oxygen atoms in total. The maximum atomic E-state index is 10.5. The van der Waals surface area contributed by atoms with Gasteiger partial charge in [0.2, 0.25) is 0 Å². The minimum atomic E-state index is -0.877. The van der Waals surface area contributed by atoms with Gasteiger partial charge in [-0.3, -0.25) is 9.78 Å². The molecule has 7 heteroatoms. The first-order chi connectivity index (χ1) is 8.18. The van der Waals surface area contributed by atoms with E-state index >= 15 is 0 Å². The Morgan fingerprint density at radius 3 is 2.94 bits per heavy atom. The van der Waals surface area contributed by atoms with Crippen molar-refractivity contribution in [3.8, 4) is 11.5 Å². The first-order valence-electron chi connectivity index (χ1n) is 4.84. The summed E-state index contributed by atoms with van der Waals surface area (Å²) in [7, 11) is 1.79. The molecule has 2 heterocycles. The quantitative estimate of drug-likeness (QED) is 0.817. The Morgan fingerprint density at radius 1 is 1.47 bits per heavy atom.